The molecule has 0 saturated carbocycles. The number of amides is 2. The van der Waals surface area contributed by atoms with Gasteiger partial charge in [0.25, 0.3) is 5.91 Å². The minimum atomic E-state index is -1.01. The smallest absolute Gasteiger partial charge is 0.405 e. The van der Waals surface area contributed by atoms with Crippen LogP contribution in [-0.4, -0.2) is 92.5 Å². The number of nitrogens with zero attached hydrogens (tertiary/aromatic N) is 3. The number of benzene rings is 1. The number of anilines is 1. The first-order valence-corrected chi connectivity index (χ1v) is 14.7. The average molecular weight is 630 g/mol. The zero-order chi connectivity index (χ0) is 33.8. The highest BCUT2D eigenvalue weighted by Gasteiger charge is 2.32. The lowest BCUT2D eigenvalue weighted by molar-refractivity contribution is -0.112. The molecule has 5 N–H and O–H groups in total. The van der Waals surface area contributed by atoms with Crippen molar-refractivity contribution in [3.8, 4) is 11.5 Å². The third-order valence-corrected chi connectivity index (χ3v) is 7.59. The van der Waals surface area contributed by atoms with Crippen LogP contribution in [0.4, 0.5) is 16.2 Å². The predicted octanol–water partition coefficient (Wildman–Crippen LogP) is 4.60. The molecule has 1 aromatic carbocycles. The van der Waals surface area contributed by atoms with Crippen LogP contribution in [0.15, 0.2) is 51.7 Å². The van der Waals surface area contributed by atoms with Crippen molar-refractivity contribution in [2.75, 3.05) is 40.2 Å². The van der Waals surface area contributed by atoms with E-state index < -0.39 is 42.3 Å². The Balaban J connectivity index is 2.73. The SMILES string of the molecule is CO[C@H]1C[C@H](C)Cc2c(O)c(cc(O)c2N=CCN(C)C)NC(=O)/C(C)=C/C=C\[C@H](OC)[C@@H](OC(N)=O)/C(C)=C/[C@H](C)C1N=O. The van der Waals surface area contributed by atoms with E-state index in [2.05, 4.69) is 15.5 Å². The molecular formula is C32H47N5O8. The van der Waals surface area contributed by atoms with Crippen molar-refractivity contribution in [1.82, 2.24) is 4.90 Å². The summed E-state index contributed by atoms with van der Waals surface area (Å²) in [5.41, 5.74) is 6.73. The number of hydrogen-bond donors (Lipinski definition) is 4. The normalized spacial score (nSPS) is 28.5. The molecule has 6 atom stereocenters. The van der Waals surface area contributed by atoms with Gasteiger partial charge in [0, 0.05) is 50.1 Å². The molecule has 13 heteroatoms. The summed E-state index contributed by atoms with van der Waals surface area (Å²) < 4.78 is 16.7. The third kappa shape index (κ3) is 10.5. The van der Waals surface area contributed by atoms with Crippen LogP contribution in [0.2, 0.25) is 0 Å². The summed E-state index contributed by atoms with van der Waals surface area (Å²) in [4.78, 5) is 43.4. The number of nitroso groups, excluding NO2 is 1. The first-order valence-electron chi connectivity index (χ1n) is 14.7. The molecule has 1 unspecified atom stereocenters. The maximum Gasteiger partial charge on any atom is 0.405 e. The van der Waals surface area contributed by atoms with E-state index in [1.807, 2.05) is 32.8 Å². The van der Waals surface area contributed by atoms with Crippen molar-refractivity contribution in [2.45, 2.75) is 64.9 Å². The Hall–Kier alpha value is -4.07. The van der Waals surface area contributed by atoms with Gasteiger partial charge in [-0.1, -0.05) is 43.3 Å². The van der Waals surface area contributed by atoms with Gasteiger partial charge in [-0.3, -0.25) is 9.79 Å². The molecule has 2 bridgehead atoms. The molecule has 13 nitrogen and oxygen atoms in total. The summed E-state index contributed by atoms with van der Waals surface area (Å²) in [6.07, 6.45) is 5.29. The van der Waals surface area contributed by atoms with Crippen LogP contribution in [0, 0.1) is 16.7 Å². The van der Waals surface area contributed by atoms with Gasteiger partial charge in [0.15, 0.2) is 6.10 Å². The molecule has 1 aromatic rings. The van der Waals surface area contributed by atoms with Crippen molar-refractivity contribution in [1.29, 1.82) is 0 Å². The van der Waals surface area contributed by atoms with Crippen molar-refractivity contribution in [2.24, 2.45) is 27.7 Å². The number of phenols is 2. The lowest BCUT2D eigenvalue weighted by atomic mass is 9.86. The molecule has 2 amide bonds. The van der Waals surface area contributed by atoms with Gasteiger partial charge < -0.3 is 40.4 Å². The van der Waals surface area contributed by atoms with Crippen LogP contribution < -0.4 is 11.1 Å². The quantitative estimate of drug-likeness (QED) is 0.110. The number of hydrogen-bond acceptors (Lipinski definition) is 11. The molecule has 0 aliphatic carbocycles. The summed E-state index contributed by atoms with van der Waals surface area (Å²) in [5.74, 6) is -1.63. The Kier molecular flexibility index (Phi) is 14.4. The van der Waals surface area contributed by atoms with Crippen molar-refractivity contribution < 1.29 is 34.0 Å². The monoisotopic (exact) mass is 629 g/mol. The molecule has 0 radical (unpaired) electrons. The second-order valence-electron chi connectivity index (χ2n) is 11.6. The lowest BCUT2D eigenvalue weighted by Crippen LogP contribution is -2.36. The number of aromatic hydroxyl groups is 2. The first kappa shape index (κ1) is 37.1. The van der Waals surface area contributed by atoms with Crippen LogP contribution in [0.3, 0.4) is 0 Å². The van der Waals surface area contributed by atoms with Gasteiger partial charge in [-0.15, -0.1) is 0 Å². The number of nitrogens with one attached hydrogen (secondary N) is 1. The largest absolute Gasteiger partial charge is 0.506 e. The molecule has 1 aliphatic rings. The van der Waals surface area contributed by atoms with Gasteiger partial charge in [-0.05, 0) is 52.3 Å². The molecule has 2 rings (SSSR count). The lowest BCUT2D eigenvalue weighted by Gasteiger charge is -2.28. The number of methoxy groups -OCH3 is 2. The van der Waals surface area contributed by atoms with E-state index >= 15 is 0 Å². The van der Waals surface area contributed by atoms with Gasteiger partial charge in [-0.2, -0.15) is 4.91 Å². The molecule has 0 saturated heterocycles. The molecule has 0 aromatic heterocycles. The number of primary amides is 1. The van der Waals surface area contributed by atoms with E-state index in [9.17, 15) is 24.7 Å². The van der Waals surface area contributed by atoms with Gasteiger partial charge >= 0.3 is 6.09 Å². The van der Waals surface area contributed by atoms with Gasteiger partial charge in [0.1, 0.15) is 29.3 Å². The number of rotatable bonds is 7. The zero-order valence-corrected chi connectivity index (χ0v) is 27.3. The Labute approximate surface area is 264 Å². The summed E-state index contributed by atoms with van der Waals surface area (Å²) in [6, 6.07) is 0.429. The summed E-state index contributed by atoms with van der Waals surface area (Å²) >= 11 is 0. The minimum Gasteiger partial charge on any atom is -0.506 e. The van der Waals surface area contributed by atoms with Gasteiger partial charge in [-0.25, -0.2) is 4.79 Å². The Morgan fingerprint density at radius 1 is 1.20 bits per heavy atom. The number of nitrogens with two attached hydrogens (primary N) is 1. The van der Waals surface area contributed by atoms with E-state index in [1.165, 1.54) is 26.4 Å². The van der Waals surface area contributed by atoms with E-state index in [0.29, 0.717) is 24.1 Å². The van der Waals surface area contributed by atoms with Crippen molar-refractivity contribution in [3.63, 3.8) is 0 Å². The topological polar surface area (TPSA) is 185 Å². The Morgan fingerprint density at radius 2 is 1.89 bits per heavy atom. The second kappa shape index (κ2) is 17.4. The fourth-order valence-corrected chi connectivity index (χ4v) is 5.20. The Morgan fingerprint density at radius 3 is 2.47 bits per heavy atom. The highest BCUT2D eigenvalue weighted by molar-refractivity contribution is 6.04. The average Bonchev–Trinajstić information content (AvgIpc) is 2.97. The summed E-state index contributed by atoms with van der Waals surface area (Å²) in [7, 11) is 6.67. The molecular weight excluding hydrogens is 582 g/mol. The Bertz CT molecular complexity index is 1320. The molecule has 1 heterocycles. The molecule has 45 heavy (non-hydrogen) atoms. The van der Waals surface area contributed by atoms with Crippen LogP contribution in [0.5, 0.6) is 11.5 Å². The first-order chi connectivity index (χ1) is 21.2. The molecule has 248 valence electrons. The number of phenolic OH excluding ortho intramolecular Hbond substituents is 2. The number of fused-ring (bicyclic) bond motifs is 2. The number of ether oxygens (including phenoxy) is 3. The standard InChI is InChI=1S/C32H47N5O8/c1-18-14-22-28(34-12-13-37(5)6)24(38)17-23(29(22)39)35-31(40)19(2)10-9-11-25(43-7)30(45-32(33)41)21(4)16-20(3)27(36-42)26(15-18)44-8/h9-12,16-18,20,25-27,30,38-39H,13-15H2,1-8H3,(H2,33,41)(H,35,40)/b11-9-,19-10+,21-16+,34-12?/t18-,20+,25+,26+,27?,30+/m1/s1. The maximum atomic E-state index is 13.1. The highest BCUT2D eigenvalue weighted by Crippen LogP contribution is 2.44. The predicted molar refractivity (Wildman–Crippen MR) is 174 cm³/mol. The number of aliphatic imine (C=N–C) groups is 1. The maximum absolute atomic E-state index is 13.1. The minimum absolute atomic E-state index is 0.00905. The van der Waals surface area contributed by atoms with E-state index in [0.717, 1.165) is 0 Å². The van der Waals surface area contributed by atoms with Crippen LogP contribution in [0.25, 0.3) is 0 Å². The van der Waals surface area contributed by atoms with Crippen molar-refractivity contribution in [3.05, 3.63) is 52.0 Å². The molecule has 0 spiro atoms. The summed E-state index contributed by atoms with van der Waals surface area (Å²) in [5, 5.41) is 28.4. The summed E-state index contributed by atoms with van der Waals surface area (Å²) in [6.45, 7) is 7.51. The fraction of sp³-hybridized carbons (Fsp3) is 0.531. The van der Waals surface area contributed by atoms with Crippen molar-refractivity contribution >= 4 is 29.6 Å². The second-order valence-corrected chi connectivity index (χ2v) is 11.6. The number of carbonyl (C=O) groups excluding carboxylic acids is 2. The van der Waals surface area contributed by atoms with Crippen LogP contribution >= 0.6 is 0 Å². The molecule has 0 fully saturated rings. The molecule has 1 aliphatic heterocycles. The van der Waals surface area contributed by atoms with E-state index in [-0.39, 0.29) is 40.8 Å². The van der Waals surface area contributed by atoms with Crippen LogP contribution in [-0.2, 0) is 25.4 Å². The van der Waals surface area contributed by atoms with Crippen LogP contribution in [0.1, 0.15) is 39.7 Å². The van der Waals surface area contributed by atoms with E-state index in [1.54, 1.807) is 38.3 Å². The van der Waals surface area contributed by atoms with Gasteiger partial charge in [0.2, 0.25) is 0 Å². The van der Waals surface area contributed by atoms with E-state index in [4.69, 9.17) is 19.9 Å². The number of carbonyl (C=O) groups is 2. The fourth-order valence-electron chi connectivity index (χ4n) is 5.20. The number of allylic oxidation sites excluding steroid dienone is 2. The third-order valence-electron chi connectivity index (χ3n) is 7.59. The zero-order valence-electron chi connectivity index (χ0n) is 27.3. The van der Waals surface area contributed by atoms with Gasteiger partial charge in [0.05, 0.1) is 11.8 Å². The highest BCUT2D eigenvalue weighted by atomic mass is 16.6.